The van der Waals surface area contributed by atoms with Gasteiger partial charge in [0, 0.05) is 12.6 Å². The zero-order chi connectivity index (χ0) is 13.9. The van der Waals surface area contributed by atoms with Gasteiger partial charge in [-0.1, -0.05) is 52.4 Å². The van der Waals surface area contributed by atoms with Crippen molar-refractivity contribution in [3.05, 3.63) is 0 Å². The molecule has 2 nitrogen and oxygen atoms in total. The molecule has 110 valence electrons. The molecular weight excluding hydrogens is 222 g/mol. The highest BCUT2D eigenvalue weighted by molar-refractivity contribution is 4.87. The molecule has 0 aromatic heterocycles. The van der Waals surface area contributed by atoms with Gasteiger partial charge in [0.25, 0.3) is 0 Å². The third-order valence-electron chi connectivity index (χ3n) is 4.11. The van der Waals surface area contributed by atoms with E-state index in [1.807, 2.05) is 0 Å². The van der Waals surface area contributed by atoms with Gasteiger partial charge in [-0.2, -0.15) is 0 Å². The Bertz CT molecular complexity index is 184. The van der Waals surface area contributed by atoms with Crippen molar-refractivity contribution in [2.24, 2.45) is 0 Å². The second-order valence-electron chi connectivity index (χ2n) is 5.50. The van der Waals surface area contributed by atoms with Gasteiger partial charge >= 0.3 is 0 Å². The molecule has 0 aromatic rings. The summed E-state index contributed by atoms with van der Waals surface area (Å²) in [6.45, 7) is 9.63. The lowest BCUT2D eigenvalue weighted by molar-refractivity contribution is -0.0558. The van der Waals surface area contributed by atoms with Crippen LogP contribution in [0.3, 0.4) is 0 Å². The molecule has 0 heterocycles. The van der Waals surface area contributed by atoms with Crippen LogP contribution in [-0.4, -0.2) is 25.3 Å². The summed E-state index contributed by atoms with van der Waals surface area (Å²) in [6, 6.07) is 0.480. The van der Waals surface area contributed by atoms with E-state index in [4.69, 9.17) is 4.74 Å². The Labute approximate surface area is 115 Å². The molecule has 0 aliphatic heterocycles. The third-order valence-corrected chi connectivity index (χ3v) is 4.11. The smallest absolute Gasteiger partial charge is 0.0803 e. The Hall–Kier alpha value is -0.0800. The van der Waals surface area contributed by atoms with Crippen LogP contribution in [-0.2, 0) is 4.74 Å². The van der Waals surface area contributed by atoms with Crippen LogP contribution < -0.4 is 5.32 Å². The second-order valence-corrected chi connectivity index (χ2v) is 5.50. The van der Waals surface area contributed by atoms with Crippen molar-refractivity contribution < 1.29 is 4.74 Å². The molecule has 2 heteroatoms. The van der Waals surface area contributed by atoms with Gasteiger partial charge in [-0.25, -0.2) is 0 Å². The predicted molar refractivity (Wildman–Crippen MR) is 81.2 cm³/mol. The lowest BCUT2D eigenvalue weighted by Crippen LogP contribution is -2.49. The Morgan fingerprint density at radius 3 is 2.11 bits per heavy atom. The fourth-order valence-corrected chi connectivity index (χ4v) is 2.66. The molecule has 0 rings (SSSR count). The maximum absolute atomic E-state index is 5.96. The molecule has 0 aliphatic rings. The first kappa shape index (κ1) is 17.9. The molecule has 2 unspecified atom stereocenters. The van der Waals surface area contributed by atoms with E-state index in [0.717, 1.165) is 13.0 Å². The number of hydrogen-bond donors (Lipinski definition) is 1. The molecule has 0 aliphatic carbocycles. The van der Waals surface area contributed by atoms with E-state index in [0.29, 0.717) is 6.04 Å². The molecule has 0 aromatic carbocycles. The van der Waals surface area contributed by atoms with Crippen LogP contribution in [0.5, 0.6) is 0 Å². The molecular formula is C16H35NO. The van der Waals surface area contributed by atoms with Crippen LogP contribution in [0.4, 0.5) is 0 Å². The minimum absolute atomic E-state index is 0.00703. The third kappa shape index (κ3) is 6.75. The first-order valence-corrected chi connectivity index (χ1v) is 7.95. The molecule has 0 bridgehead atoms. The molecule has 0 amide bonds. The Morgan fingerprint density at radius 2 is 1.61 bits per heavy atom. The van der Waals surface area contributed by atoms with Crippen molar-refractivity contribution >= 4 is 0 Å². The van der Waals surface area contributed by atoms with Crippen LogP contribution in [0.1, 0.15) is 79.1 Å². The lowest BCUT2D eigenvalue weighted by atomic mass is 9.89. The lowest BCUT2D eigenvalue weighted by Gasteiger charge is -2.36. The maximum atomic E-state index is 5.96. The van der Waals surface area contributed by atoms with E-state index < -0.39 is 0 Å². The van der Waals surface area contributed by atoms with Gasteiger partial charge in [0.05, 0.1) is 5.60 Å². The summed E-state index contributed by atoms with van der Waals surface area (Å²) in [5.74, 6) is 0. The van der Waals surface area contributed by atoms with Gasteiger partial charge in [0.2, 0.25) is 0 Å². The Kier molecular flexibility index (Phi) is 10.8. The van der Waals surface area contributed by atoms with Gasteiger partial charge in [-0.15, -0.1) is 0 Å². The summed E-state index contributed by atoms with van der Waals surface area (Å²) >= 11 is 0. The normalized spacial score (nSPS) is 16.5. The number of rotatable bonds is 12. The zero-order valence-electron chi connectivity index (χ0n) is 13.3. The van der Waals surface area contributed by atoms with Crippen molar-refractivity contribution in [2.45, 2.75) is 90.7 Å². The molecule has 2 atom stereocenters. The molecule has 1 N–H and O–H groups in total. The first-order chi connectivity index (χ1) is 8.64. The van der Waals surface area contributed by atoms with E-state index in [1.54, 1.807) is 0 Å². The number of likely N-dealkylation sites (N-methyl/N-ethyl adjacent to an activating group) is 1. The van der Waals surface area contributed by atoms with Gasteiger partial charge in [0.1, 0.15) is 0 Å². The van der Waals surface area contributed by atoms with E-state index in [-0.39, 0.29) is 5.60 Å². The molecule has 0 spiro atoms. The Balaban J connectivity index is 3.94. The molecule has 18 heavy (non-hydrogen) atoms. The van der Waals surface area contributed by atoms with E-state index in [1.165, 1.54) is 44.9 Å². The minimum atomic E-state index is -0.00703. The average molecular weight is 257 g/mol. The number of unbranched alkanes of at least 4 members (excludes halogenated alkanes) is 5. The standard InChI is InChI=1S/C16H35NO/c1-6-9-10-11-12-13-14-15(17-5)16(4,7-2)18-8-3/h15,17H,6-14H2,1-5H3. The first-order valence-electron chi connectivity index (χ1n) is 7.95. The zero-order valence-corrected chi connectivity index (χ0v) is 13.3. The second kappa shape index (κ2) is 10.8. The highest BCUT2D eigenvalue weighted by Crippen LogP contribution is 2.24. The monoisotopic (exact) mass is 257 g/mol. The maximum Gasteiger partial charge on any atom is 0.0803 e. The minimum Gasteiger partial charge on any atom is -0.374 e. The molecule has 0 radical (unpaired) electrons. The van der Waals surface area contributed by atoms with Gasteiger partial charge in [-0.05, 0) is 33.7 Å². The van der Waals surface area contributed by atoms with Crippen LogP contribution in [0, 0.1) is 0 Å². The summed E-state index contributed by atoms with van der Waals surface area (Å²) in [7, 11) is 2.06. The summed E-state index contributed by atoms with van der Waals surface area (Å²) in [5.41, 5.74) is -0.00703. The number of hydrogen-bond acceptors (Lipinski definition) is 2. The molecule has 0 fully saturated rings. The van der Waals surface area contributed by atoms with Gasteiger partial charge in [-0.3, -0.25) is 0 Å². The fourth-order valence-electron chi connectivity index (χ4n) is 2.66. The van der Waals surface area contributed by atoms with E-state index in [9.17, 15) is 0 Å². The van der Waals surface area contributed by atoms with Crippen LogP contribution in [0.25, 0.3) is 0 Å². The van der Waals surface area contributed by atoms with Crippen molar-refractivity contribution in [2.75, 3.05) is 13.7 Å². The topological polar surface area (TPSA) is 21.3 Å². The van der Waals surface area contributed by atoms with Crippen LogP contribution in [0.2, 0.25) is 0 Å². The van der Waals surface area contributed by atoms with E-state index >= 15 is 0 Å². The van der Waals surface area contributed by atoms with Crippen LogP contribution >= 0.6 is 0 Å². The van der Waals surface area contributed by atoms with Crippen molar-refractivity contribution in [1.82, 2.24) is 5.32 Å². The summed E-state index contributed by atoms with van der Waals surface area (Å²) in [5, 5.41) is 3.46. The summed E-state index contributed by atoms with van der Waals surface area (Å²) in [6.07, 6.45) is 10.5. The van der Waals surface area contributed by atoms with E-state index in [2.05, 4.69) is 40.1 Å². The van der Waals surface area contributed by atoms with Gasteiger partial charge in [0.15, 0.2) is 0 Å². The SMILES string of the molecule is CCCCCCCCC(NC)C(C)(CC)OCC. The molecule has 0 saturated carbocycles. The van der Waals surface area contributed by atoms with Gasteiger partial charge < -0.3 is 10.1 Å². The highest BCUT2D eigenvalue weighted by Gasteiger charge is 2.31. The largest absolute Gasteiger partial charge is 0.374 e. The van der Waals surface area contributed by atoms with Crippen molar-refractivity contribution in [3.63, 3.8) is 0 Å². The average Bonchev–Trinajstić information content (AvgIpc) is 2.38. The number of ether oxygens (including phenoxy) is 1. The van der Waals surface area contributed by atoms with Crippen LogP contribution in [0.15, 0.2) is 0 Å². The molecule has 0 saturated heterocycles. The highest BCUT2D eigenvalue weighted by atomic mass is 16.5. The number of nitrogens with one attached hydrogen (secondary N) is 1. The summed E-state index contributed by atoms with van der Waals surface area (Å²) < 4.78 is 5.96. The quantitative estimate of drug-likeness (QED) is 0.519. The summed E-state index contributed by atoms with van der Waals surface area (Å²) in [4.78, 5) is 0. The predicted octanol–water partition coefficient (Wildman–Crippen LogP) is 4.53. The Morgan fingerprint density at radius 1 is 1.00 bits per heavy atom. The van der Waals surface area contributed by atoms with Crippen molar-refractivity contribution in [3.8, 4) is 0 Å². The fraction of sp³-hybridized carbons (Fsp3) is 1.00. The van der Waals surface area contributed by atoms with Crippen molar-refractivity contribution in [1.29, 1.82) is 0 Å².